The summed E-state index contributed by atoms with van der Waals surface area (Å²) in [5.41, 5.74) is 2.02. The monoisotopic (exact) mass is 364 g/mol. The van der Waals surface area contributed by atoms with Crippen molar-refractivity contribution in [2.75, 3.05) is 0 Å². The summed E-state index contributed by atoms with van der Waals surface area (Å²) in [6.45, 7) is 3.51. The minimum atomic E-state index is -0.438. The molecule has 0 radical (unpaired) electrons. The van der Waals surface area contributed by atoms with Crippen LogP contribution in [-0.2, 0) is 11.2 Å². The van der Waals surface area contributed by atoms with Gasteiger partial charge in [0.05, 0.1) is 29.2 Å². The Bertz CT molecular complexity index is 1110. The number of nitrogens with one attached hydrogen (secondary N) is 2. The Morgan fingerprint density at radius 3 is 2.81 bits per heavy atom. The van der Waals surface area contributed by atoms with Crippen LogP contribution < -0.4 is 10.9 Å². The smallest absolute Gasteiger partial charge is 0.252 e. The molecule has 1 aromatic carbocycles. The molecule has 0 fully saturated rings. The normalized spacial score (nSPS) is 11.8. The molecule has 0 aliphatic heterocycles. The van der Waals surface area contributed by atoms with Crippen molar-refractivity contribution in [1.29, 1.82) is 5.26 Å². The minimum Gasteiger partial charge on any atom is -0.348 e. The molecule has 0 saturated carbocycles. The predicted octanol–water partition coefficient (Wildman–Crippen LogP) is 2.66. The molecule has 0 unspecified atom stereocenters. The summed E-state index contributed by atoms with van der Waals surface area (Å²) in [5, 5.41) is 12.3. The first kappa shape index (κ1) is 18.3. The van der Waals surface area contributed by atoms with Crippen LogP contribution in [0.5, 0.6) is 0 Å². The van der Waals surface area contributed by atoms with Crippen LogP contribution in [0.4, 0.5) is 4.39 Å². The highest BCUT2D eigenvalue weighted by Crippen LogP contribution is 2.19. The first-order valence-corrected chi connectivity index (χ1v) is 8.35. The van der Waals surface area contributed by atoms with E-state index in [1.807, 2.05) is 6.07 Å². The number of benzene rings is 1. The Morgan fingerprint density at radius 2 is 2.15 bits per heavy atom. The highest BCUT2D eigenvalue weighted by Gasteiger charge is 2.16. The van der Waals surface area contributed by atoms with Crippen LogP contribution in [0.25, 0.3) is 10.9 Å². The number of rotatable bonds is 4. The summed E-state index contributed by atoms with van der Waals surface area (Å²) in [5.74, 6) is -0.768. The van der Waals surface area contributed by atoms with Crippen molar-refractivity contribution in [2.24, 2.45) is 0 Å². The van der Waals surface area contributed by atoms with Gasteiger partial charge in [0.1, 0.15) is 11.9 Å². The van der Waals surface area contributed by atoms with Gasteiger partial charge < -0.3 is 10.3 Å². The molecule has 7 heteroatoms. The van der Waals surface area contributed by atoms with Crippen LogP contribution in [0.3, 0.4) is 0 Å². The minimum absolute atomic E-state index is 0.102. The average Bonchev–Trinajstić information content (AvgIpc) is 2.65. The van der Waals surface area contributed by atoms with Crippen molar-refractivity contribution in [2.45, 2.75) is 26.3 Å². The highest BCUT2D eigenvalue weighted by atomic mass is 19.1. The van der Waals surface area contributed by atoms with Gasteiger partial charge in [0.2, 0.25) is 5.91 Å². The highest BCUT2D eigenvalue weighted by molar-refractivity contribution is 5.85. The number of aromatic amines is 1. The van der Waals surface area contributed by atoms with Gasteiger partial charge in [-0.1, -0.05) is 0 Å². The zero-order chi connectivity index (χ0) is 19.6. The number of nitriles is 1. The summed E-state index contributed by atoms with van der Waals surface area (Å²) in [4.78, 5) is 31.5. The van der Waals surface area contributed by atoms with E-state index in [0.29, 0.717) is 33.3 Å². The standard InChI is InChI=1S/C20H17FN4O2/c1-11-15-5-4-14(21)7-18(15)25-20(27)16(11)8-19(26)24-12(2)17-6-3-13(9-22)10-23-17/h3-7,10,12H,8H2,1-2H3,(H,24,26)(H,25,27)/t12-/m1/s1. The third-order valence-corrected chi connectivity index (χ3v) is 4.43. The van der Waals surface area contributed by atoms with Crippen LogP contribution in [0.1, 0.15) is 35.3 Å². The predicted molar refractivity (Wildman–Crippen MR) is 98.5 cm³/mol. The van der Waals surface area contributed by atoms with Crippen molar-refractivity contribution >= 4 is 16.8 Å². The quantitative estimate of drug-likeness (QED) is 0.743. The SMILES string of the molecule is Cc1c(CC(=O)N[C@H](C)c2ccc(C#N)cn2)c(=O)[nH]c2cc(F)ccc12. The van der Waals surface area contributed by atoms with Gasteiger partial charge in [0, 0.05) is 17.1 Å². The number of hydrogen-bond acceptors (Lipinski definition) is 4. The number of halogens is 1. The number of fused-ring (bicyclic) bond motifs is 1. The molecule has 0 bridgehead atoms. The second-order valence-corrected chi connectivity index (χ2v) is 6.30. The molecule has 0 aliphatic rings. The average molecular weight is 364 g/mol. The molecule has 2 N–H and O–H groups in total. The molecule has 6 nitrogen and oxygen atoms in total. The molecular weight excluding hydrogens is 347 g/mol. The molecule has 2 aromatic heterocycles. The summed E-state index contributed by atoms with van der Waals surface area (Å²) in [6.07, 6.45) is 1.34. The maximum absolute atomic E-state index is 13.4. The van der Waals surface area contributed by atoms with Gasteiger partial charge >= 0.3 is 0 Å². The molecule has 1 atom stereocenters. The Hall–Kier alpha value is -3.53. The Kier molecular flexibility index (Phi) is 4.99. The van der Waals surface area contributed by atoms with Gasteiger partial charge in [0.15, 0.2) is 0 Å². The molecule has 1 amide bonds. The van der Waals surface area contributed by atoms with Gasteiger partial charge in [-0.25, -0.2) is 4.39 Å². The lowest BCUT2D eigenvalue weighted by Crippen LogP contribution is -2.31. The Labute approximate surface area is 154 Å². The second kappa shape index (κ2) is 7.38. The molecule has 2 heterocycles. The van der Waals surface area contributed by atoms with E-state index >= 15 is 0 Å². The van der Waals surface area contributed by atoms with Crippen LogP contribution in [0.2, 0.25) is 0 Å². The second-order valence-electron chi connectivity index (χ2n) is 6.30. The fourth-order valence-corrected chi connectivity index (χ4v) is 2.94. The maximum Gasteiger partial charge on any atom is 0.252 e. The van der Waals surface area contributed by atoms with Crippen molar-refractivity contribution < 1.29 is 9.18 Å². The van der Waals surface area contributed by atoms with E-state index in [-0.39, 0.29) is 18.4 Å². The number of aryl methyl sites for hydroxylation is 1. The van der Waals surface area contributed by atoms with Gasteiger partial charge in [-0.15, -0.1) is 0 Å². The number of carbonyl (C=O) groups is 1. The zero-order valence-corrected chi connectivity index (χ0v) is 14.8. The number of carbonyl (C=O) groups excluding carboxylic acids is 1. The summed E-state index contributed by atoms with van der Waals surface area (Å²) in [6, 6.07) is 9.07. The summed E-state index contributed by atoms with van der Waals surface area (Å²) < 4.78 is 13.4. The Balaban J connectivity index is 1.80. The first-order chi connectivity index (χ1) is 12.9. The Morgan fingerprint density at radius 1 is 1.37 bits per heavy atom. The molecule has 3 rings (SSSR count). The van der Waals surface area contributed by atoms with E-state index in [4.69, 9.17) is 5.26 Å². The van der Waals surface area contributed by atoms with Crippen LogP contribution in [0.15, 0.2) is 41.3 Å². The number of aromatic nitrogens is 2. The van der Waals surface area contributed by atoms with Crippen LogP contribution >= 0.6 is 0 Å². The lowest BCUT2D eigenvalue weighted by molar-refractivity contribution is -0.121. The molecule has 27 heavy (non-hydrogen) atoms. The maximum atomic E-state index is 13.4. The van der Waals surface area contributed by atoms with E-state index in [2.05, 4.69) is 15.3 Å². The molecule has 0 saturated heterocycles. The van der Waals surface area contributed by atoms with E-state index < -0.39 is 11.4 Å². The number of H-pyrrole nitrogens is 1. The molecule has 0 aliphatic carbocycles. The van der Waals surface area contributed by atoms with Crippen LogP contribution in [-0.4, -0.2) is 15.9 Å². The van der Waals surface area contributed by atoms with Gasteiger partial charge in [0.25, 0.3) is 5.56 Å². The first-order valence-electron chi connectivity index (χ1n) is 8.35. The van der Waals surface area contributed by atoms with E-state index in [0.717, 1.165) is 0 Å². The lowest BCUT2D eigenvalue weighted by atomic mass is 10.0. The fourth-order valence-electron chi connectivity index (χ4n) is 2.94. The van der Waals surface area contributed by atoms with Gasteiger partial charge in [-0.3, -0.25) is 14.6 Å². The molecular formula is C20H17FN4O2. The largest absolute Gasteiger partial charge is 0.348 e. The zero-order valence-electron chi connectivity index (χ0n) is 14.8. The fraction of sp³-hybridized carbons (Fsp3) is 0.200. The van der Waals surface area contributed by atoms with Gasteiger partial charge in [-0.2, -0.15) is 5.26 Å². The molecule has 0 spiro atoms. The summed E-state index contributed by atoms with van der Waals surface area (Å²) in [7, 11) is 0. The van der Waals surface area contributed by atoms with Crippen LogP contribution in [0, 0.1) is 24.1 Å². The van der Waals surface area contributed by atoms with Crippen molar-refractivity contribution in [1.82, 2.24) is 15.3 Å². The summed E-state index contributed by atoms with van der Waals surface area (Å²) >= 11 is 0. The number of amides is 1. The number of nitrogens with zero attached hydrogens (tertiary/aromatic N) is 2. The van der Waals surface area contributed by atoms with Crippen molar-refractivity contribution in [3.63, 3.8) is 0 Å². The number of pyridine rings is 2. The number of hydrogen-bond donors (Lipinski definition) is 2. The van der Waals surface area contributed by atoms with Crippen molar-refractivity contribution in [3.8, 4) is 6.07 Å². The van der Waals surface area contributed by atoms with E-state index in [1.54, 1.807) is 32.0 Å². The lowest BCUT2D eigenvalue weighted by Gasteiger charge is -2.14. The van der Waals surface area contributed by atoms with Crippen molar-refractivity contribution in [3.05, 3.63) is 75.1 Å². The molecule has 3 aromatic rings. The van der Waals surface area contributed by atoms with Gasteiger partial charge in [-0.05, 0) is 49.7 Å². The molecule has 136 valence electrons. The topological polar surface area (TPSA) is 98.6 Å². The third-order valence-electron chi connectivity index (χ3n) is 4.43. The van der Waals surface area contributed by atoms with E-state index in [9.17, 15) is 14.0 Å². The van der Waals surface area contributed by atoms with E-state index in [1.165, 1.54) is 18.3 Å². The third kappa shape index (κ3) is 3.85.